The molecule has 2 atom stereocenters. The van der Waals surface area contributed by atoms with Gasteiger partial charge in [-0.25, -0.2) is 0 Å². The third-order valence-corrected chi connectivity index (χ3v) is 2.91. The molecule has 5 nitrogen and oxygen atoms in total. The topological polar surface area (TPSA) is 84.3 Å². The Labute approximate surface area is 99.6 Å². The van der Waals surface area contributed by atoms with Gasteiger partial charge < -0.3 is 20.6 Å². The van der Waals surface area contributed by atoms with Gasteiger partial charge in [0.1, 0.15) is 5.52 Å². The molecule has 2 unspecified atom stereocenters. The van der Waals surface area contributed by atoms with Crippen LogP contribution in [0.15, 0.2) is 22.6 Å². The molecule has 1 heterocycles. The van der Waals surface area contributed by atoms with Crippen molar-refractivity contribution in [1.29, 1.82) is 0 Å². The first-order valence-corrected chi connectivity index (χ1v) is 5.63. The number of nitrogens with one attached hydrogen (secondary N) is 1. The normalized spacial score (nSPS) is 14.8. The Bertz CT molecular complexity index is 509. The van der Waals surface area contributed by atoms with Gasteiger partial charge in [-0.15, -0.1) is 0 Å². The van der Waals surface area contributed by atoms with Crippen LogP contribution in [0.25, 0.3) is 11.1 Å². The molecule has 92 valence electrons. The maximum Gasteiger partial charge on any atom is 0.295 e. The minimum atomic E-state index is 0.0883. The Balaban J connectivity index is 2.19. The van der Waals surface area contributed by atoms with Crippen molar-refractivity contribution < 1.29 is 9.52 Å². The van der Waals surface area contributed by atoms with E-state index in [2.05, 4.69) is 10.3 Å². The predicted octanol–water partition coefficient (Wildman–Crippen LogP) is 1.84. The Morgan fingerprint density at radius 3 is 2.94 bits per heavy atom. The van der Waals surface area contributed by atoms with E-state index < -0.39 is 0 Å². The summed E-state index contributed by atoms with van der Waals surface area (Å²) in [5, 5.41) is 12.2. The summed E-state index contributed by atoms with van der Waals surface area (Å²) in [7, 11) is 0. The molecule has 0 radical (unpaired) electrons. The number of nitrogen functional groups attached to an aromatic ring is 1. The summed E-state index contributed by atoms with van der Waals surface area (Å²) in [5.41, 5.74) is 7.75. The summed E-state index contributed by atoms with van der Waals surface area (Å²) in [5.74, 6) is 0.134. The fourth-order valence-electron chi connectivity index (χ4n) is 1.50. The van der Waals surface area contributed by atoms with E-state index in [4.69, 9.17) is 15.3 Å². The van der Waals surface area contributed by atoms with Gasteiger partial charge in [0.05, 0.1) is 0 Å². The van der Waals surface area contributed by atoms with E-state index in [0.717, 1.165) is 5.52 Å². The lowest BCUT2D eigenvalue weighted by molar-refractivity contribution is 0.225. The number of benzene rings is 1. The van der Waals surface area contributed by atoms with E-state index in [0.29, 0.717) is 17.3 Å². The first kappa shape index (κ1) is 11.7. The SMILES string of the molecule is CC(CO)C(C)Nc1nc2ccc(N)cc2o1. The molecule has 0 fully saturated rings. The molecule has 0 aliphatic heterocycles. The number of oxazole rings is 1. The molecule has 2 aromatic rings. The number of aromatic nitrogens is 1. The second kappa shape index (κ2) is 4.63. The predicted molar refractivity (Wildman–Crippen MR) is 67.8 cm³/mol. The Morgan fingerprint density at radius 1 is 1.47 bits per heavy atom. The van der Waals surface area contributed by atoms with E-state index in [9.17, 15) is 0 Å². The summed E-state index contributed by atoms with van der Waals surface area (Å²) >= 11 is 0. The van der Waals surface area contributed by atoms with Crippen molar-refractivity contribution in [3.8, 4) is 0 Å². The zero-order valence-corrected chi connectivity index (χ0v) is 9.97. The average Bonchev–Trinajstić information content (AvgIpc) is 2.69. The number of nitrogens with zero attached hydrogens (tertiary/aromatic N) is 1. The molecule has 0 aliphatic carbocycles. The van der Waals surface area contributed by atoms with Gasteiger partial charge in [-0.05, 0) is 25.0 Å². The summed E-state index contributed by atoms with van der Waals surface area (Å²) in [6.07, 6.45) is 0. The van der Waals surface area contributed by atoms with Crippen LogP contribution in [0.3, 0.4) is 0 Å². The third kappa shape index (κ3) is 2.50. The summed E-state index contributed by atoms with van der Waals surface area (Å²) in [6, 6.07) is 5.89. The van der Waals surface area contributed by atoms with Gasteiger partial charge in [0, 0.05) is 24.4 Å². The van der Waals surface area contributed by atoms with Gasteiger partial charge >= 0.3 is 0 Å². The van der Waals surface area contributed by atoms with Gasteiger partial charge in [0.15, 0.2) is 5.58 Å². The van der Waals surface area contributed by atoms with Crippen LogP contribution >= 0.6 is 0 Å². The number of hydrogen-bond acceptors (Lipinski definition) is 5. The largest absolute Gasteiger partial charge is 0.423 e. The second-order valence-corrected chi connectivity index (χ2v) is 4.34. The average molecular weight is 235 g/mol. The first-order chi connectivity index (χ1) is 8.10. The van der Waals surface area contributed by atoms with Crippen molar-refractivity contribution in [2.45, 2.75) is 19.9 Å². The lowest BCUT2D eigenvalue weighted by Gasteiger charge is -2.17. The van der Waals surface area contributed by atoms with Gasteiger partial charge in [0.2, 0.25) is 0 Å². The molecule has 0 spiro atoms. The van der Waals surface area contributed by atoms with Crippen LogP contribution in [-0.2, 0) is 0 Å². The van der Waals surface area contributed by atoms with Crippen LogP contribution in [0.1, 0.15) is 13.8 Å². The number of aliphatic hydroxyl groups is 1. The molecule has 1 aromatic carbocycles. The van der Waals surface area contributed by atoms with Crippen molar-refractivity contribution in [2.75, 3.05) is 17.7 Å². The molecular weight excluding hydrogens is 218 g/mol. The van der Waals surface area contributed by atoms with Crippen molar-refractivity contribution in [3.63, 3.8) is 0 Å². The number of aliphatic hydroxyl groups excluding tert-OH is 1. The van der Waals surface area contributed by atoms with E-state index in [1.54, 1.807) is 12.1 Å². The Hall–Kier alpha value is -1.75. The Morgan fingerprint density at radius 2 is 2.24 bits per heavy atom. The van der Waals surface area contributed by atoms with Crippen molar-refractivity contribution in [1.82, 2.24) is 4.98 Å². The van der Waals surface area contributed by atoms with E-state index in [1.165, 1.54) is 0 Å². The lowest BCUT2D eigenvalue weighted by Crippen LogP contribution is -2.26. The van der Waals surface area contributed by atoms with E-state index in [1.807, 2.05) is 19.9 Å². The fraction of sp³-hybridized carbons (Fsp3) is 0.417. The number of nitrogens with two attached hydrogens (primary N) is 1. The van der Waals surface area contributed by atoms with Gasteiger partial charge in [-0.1, -0.05) is 6.92 Å². The molecule has 5 heteroatoms. The maximum absolute atomic E-state index is 9.05. The number of hydrogen-bond donors (Lipinski definition) is 3. The van der Waals surface area contributed by atoms with Gasteiger partial charge in [-0.3, -0.25) is 0 Å². The zero-order chi connectivity index (χ0) is 12.4. The lowest BCUT2D eigenvalue weighted by atomic mass is 10.1. The van der Waals surface area contributed by atoms with Crippen LogP contribution in [0.2, 0.25) is 0 Å². The molecule has 1 aromatic heterocycles. The maximum atomic E-state index is 9.05. The molecule has 0 bridgehead atoms. The van der Waals surface area contributed by atoms with Crippen LogP contribution < -0.4 is 11.1 Å². The highest BCUT2D eigenvalue weighted by Gasteiger charge is 2.14. The fourth-order valence-corrected chi connectivity index (χ4v) is 1.50. The molecule has 0 saturated carbocycles. The molecule has 0 saturated heterocycles. The highest BCUT2D eigenvalue weighted by Crippen LogP contribution is 2.22. The van der Waals surface area contributed by atoms with Crippen molar-refractivity contribution >= 4 is 22.8 Å². The highest BCUT2D eigenvalue weighted by atomic mass is 16.4. The van der Waals surface area contributed by atoms with Crippen LogP contribution in [0.5, 0.6) is 0 Å². The van der Waals surface area contributed by atoms with E-state index >= 15 is 0 Å². The first-order valence-electron chi connectivity index (χ1n) is 5.63. The van der Waals surface area contributed by atoms with Crippen molar-refractivity contribution in [2.24, 2.45) is 5.92 Å². The van der Waals surface area contributed by atoms with Crippen LogP contribution in [0, 0.1) is 5.92 Å². The highest BCUT2D eigenvalue weighted by molar-refractivity contribution is 5.78. The number of anilines is 2. The van der Waals surface area contributed by atoms with Crippen LogP contribution in [-0.4, -0.2) is 22.7 Å². The summed E-state index contributed by atoms with van der Waals surface area (Å²) < 4.78 is 5.53. The Kier molecular flexibility index (Phi) is 3.19. The minimum Gasteiger partial charge on any atom is -0.423 e. The molecular formula is C12H17N3O2. The molecule has 4 N–H and O–H groups in total. The number of fused-ring (bicyclic) bond motifs is 1. The molecule has 0 amide bonds. The summed E-state index contributed by atoms with van der Waals surface area (Å²) in [4.78, 5) is 4.30. The molecule has 17 heavy (non-hydrogen) atoms. The smallest absolute Gasteiger partial charge is 0.295 e. The summed E-state index contributed by atoms with van der Waals surface area (Å²) in [6.45, 7) is 4.06. The zero-order valence-electron chi connectivity index (χ0n) is 9.97. The van der Waals surface area contributed by atoms with Crippen molar-refractivity contribution in [3.05, 3.63) is 18.2 Å². The van der Waals surface area contributed by atoms with Gasteiger partial charge in [0.25, 0.3) is 6.01 Å². The number of rotatable bonds is 4. The third-order valence-electron chi connectivity index (χ3n) is 2.91. The van der Waals surface area contributed by atoms with Crippen LogP contribution in [0.4, 0.5) is 11.7 Å². The second-order valence-electron chi connectivity index (χ2n) is 4.34. The minimum absolute atomic E-state index is 0.0883. The molecule has 2 rings (SSSR count). The quantitative estimate of drug-likeness (QED) is 0.704. The monoisotopic (exact) mass is 235 g/mol. The standard InChI is InChI=1S/C12H17N3O2/c1-7(6-16)8(2)14-12-15-10-4-3-9(13)5-11(10)17-12/h3-5,7-8,16H,6,13H2,1-2H3,(H,14,15). The van der Waals surface area contributed by atoms with E-state index in [-0.39, 0.29) is 18.6 Å². The molecule has 0 aliphatic rings. The van der Waals surface area contributed by atoms with Gasteiger partial charge in [-0.2, -0.15) is 4.98 Å².